The van der Waals surface area contributed by atoms with Gasteiger partial charge in [0, 0.05) is 26.2 Å². The van der Waals surface area contributed by atoms with E-state index in [4.69, 9.17) is 0 Å². The molecule has 0 fully saturated rings. The lowest BCUT2D eigenvalue weighted by Crippen LogP contribution is -2.44. The first-order valence-corrected chi connectivity index (χ1v) is 6.97. The number of hydrogen-bond donors (Lipinski definition) is 2. The Morgan fingerprint density at radius 1 is 1.18 bits per heavy atom. The first-order valence-electron chi connectivity index (χ1n) is 6.97. The quantitative estimate of drug-likeness (QED) is 0.338. The highest BCUT2D eigenvalue weighted by atomic mass is 127. The van der Waals surface area contributed by atoms with Gasteiger partial charge < -0.3 is 10.6 Å². The van der Waals surface area contributed by atoms with Crippen molar-refractivity contribution in [1.82, 2.24) is 15.5 Å². The van der Waals surface area contributed by atoms with Crippen LogP contribution in [0.25, 0.3) is 0 Å². The molecule has 1 aromatic carbocycles. The van der Waals surface area contributed by atoms with Crippen LogP contribution >= 0.6 is 24.0 Å². The number of nitrogens with zero attached hydrogens (tertiary/aromatic N) is 2. The molecular weight excluding hydrogens is 395 g/mol. The first-order chi connectivity index (χ1) is 10.0. The molecule has 1 aromatic rings. The van der Waals surface area contributed by atoms with Gasteiger partial charge in [-0.15, -0.1) is 24.0 Å². The van der Waals surface area contributed by atoms with Crippen LogP contribution in [-0.4, -0.2) is 48.9 Å². The van der Waals surface area contributed by atoms with E-state index in [0.29, 0.717) is 30.2 Å². The molecule has 2 rings (SSSR count). The number of carbonyl (C=O) groups excluding carboxylic acids is 2. The van der Waals surface area contributed by atoms with Gasteiger partial charge in [0.05, 0.1) is 11.1 Å². The number of guanidine groups is 1. The number of halogens is 1. The molecule has 0 radical (unpaired) electrons. The van der Waals surface area contributed by atoms with E-state index in [-0.39, 0.29) is 41.8 Å². The molecule has 2 N–H and O–H groups in total. The van der Waals surface area contributed by atoms with Crippen LogP contribution in [0.1, 0.15) is 34.6 Å². The monoisotopic (exact) mass is 416 g/mol. The number of carbonyl (C=O) groups is 2. The molecule has 0 bridgehead atoms. The maximum absolute atomic E-state index is 12.2. The number of nitrogens with one attached hydrogen (secondary N) is 2. The largest absolute Gasteiger partial charge is 0.355 e. The van der Waals surface area contributed by atoms with Gasteiger partial charge in [-0.05, 0) is 26.0 Å². The minimum Gasteiger partial charge on any atom is -0.355 e. The lowest BCUT2D eigenvalue weighted by molar-refractivity contribution is 0.0657. The second-order valence-corrected chi connectivity index (χ2v) is 5.11. The Hall–Kier alpha value is -1.64. The summed E-state index contributed by atoms with van der Waals surface area (Å²) in [6, 6.07) is 7.15. The van der Waals surface area contributed by atoms with Crippen molar-refractivity contribution < 1.29 is 9.59 Å². The van der Waals surface area contributed by atoms with Gasteiger partial charge in [0.1, 0.15) is 0 Å². The summed E-state index contributed by atoms with van der Waals surface area (Å²) >= 11 is 0. The van der Waals surface area contributed by atoms with E-state index < -0.39 is 0 Å². The lowest BCUT2D eigenvalue weighted by atomic mass is 10.1. The maximum Gasteiger partial charge on any atom is 0.261 e. The third-order valence-electron chi connectivity index (χ3n) is 3.16. The fourth-order valence-electron chi connectivity index (χ4n) is 2.20. The Balaban J connectivity index is 0.00000242. The molecule has 0 spiro atoms. The summed E-state index contributed by atoms with van der Waals surface area (Å²) in [5, 5.41) is 6.23. The summed E-state index contributed by atoms with van der Waals surface area (Å²) in [6.45, 7) is 4.79. The van der Waals surface area contributed by atoms with E-state index in [1.165, 1.54) is 4.90 Å². The summed E-state index contributed by atoms with van der Waals surface area (Å²) in [5.74, 6) is 0.190. The Labute approximate surface area is 147 Å². The highest BCUT2D eigenvalue weighted by Gasteiger charge is 2.34. The van der Waals surface area contributed by atoms with Gasteiger partial charge in [0.15, 0.2) is 5.96 Å². The number of benzene rings is 1. The van der Waals surface area contributed by atoms with Crippen LogP contribution in [0.3, 0.4) is 0 Å². The number of imide groups is 1. The van der Waals surface area contributed by atoms with Gasteiger partial charge in [-0.2, -0.15) is 0 Å². The predicted octanol–water partition coefficient (Wildman–Crippen LogP) is 1.47. The van der Waals surface area contributed by atoms with Crippen LogP contribution in [0.15, 0.2) is 29.3 Å². The van der Waals surface area contributed by atoms with Crippen molar-refractivity contribution in [3.8, 4) is 0 Å². The van der Waals surface area contributed by atoms with Crippen LogP contribution in [0.2, 0.25) is 0 Å². The Kier molecular flexibility index (Phi) is 6.79. The second kappa shape index (κ2) is 8.11. The topological polar surface area (TPSA) is 73.8 Å². The standard InChI is InChI=1S/C15H20N4O2.HI/c1-10(2)18-15(16-3)17-8-9-19-13(20)11-6-4-5-7-12(11)14(19)21;/h4-7,10H,8-9H2,1-3H3,(H2,16,17,18);1H. The van der Waals surface area contributed by atoms with Crippen molar-refractivity contribution in [2.24, 2.45) is 4.99 Å². The first kappa shape index (κ1) is 18.4. The molecule has 0 saturated heterocycles. The molecule has 0 aliphatic carbocycles. The summed E-state index contributed by atoms with van der Waals surface area (Å²) in [7, 11) is 1.68. The number of fused-ring (bicyclic) bond motifs is 1. The molecule has 120 valence electrons. The third kappa shape index (κ3) is 3.96. The van der Waals surface area contributed by atoms with E-state index in [1.807, 2.05) is 13.8 Å². The van der Waals surface area contributed by atoms with E-state index in [1.54, 1.807) is 31.3 Å². The summed E-state index contributed by atoms with van der Waals surface area (Å²) < 4.78 is 0. The van der Waals surface area contributed by atoms with Gasteiger partial charge in [0.2, 0.25) is 0 Å². The predicted molar refractivity (Wildman–Crippen MR) is 96.9 cm³/mol. The lowest BCUT2D eigenvalue weighted by Gasteiger charge is -2.17. The minimum absolute atomic E-state index is 0. The zero-order valence-electron chi connectivity index (χ0n) is 12.9. The number of amides is 2. The zero-order chi connectivity index (χ0) is 15.4. The van der Waals surface area contributed by atoms with Crippen LogP contribution in [0.5, 0.6) is 0 Å². The van der Waals surface area contributed by atoms with Gasteiger partial charge >= 0.3 is 0 Å². The van der Waals surface area contributed by atoms with Crippen molar-refractivity contribution in [3.05, 3.63) is 35.4 Å². The van der Waals surface area contributed by atoms with Crippen LogP contribution < -0.4 is 10.6 Å². The highest BCUT2D eigenvalue weighted by Crippen LogP contribution is 2.21. The molecular formula is C15H21IN4O2. The number of aliphatic imine (C=N–C) groups is 1. The number of hydrogen-bond acceptors (Lipinski definition) is 3. The van der Waals surface area contributed by atoms with Crippen LogP contribution in [0, 0.1) is 0 Å². The van der Waals surface area contributed by atoms with Gasteiger partial charge in [0.25, 0.3) is 11.8 Å². The van der Waals surface area contributed by atoms with E-state index in [2.05, 4.69) is 15.6 Å². The molecule has 6 nitrogen and oxygen atoms in total. The molecule has 1 aliphatic heterocycles. The van der Waals surface area contributed by atoms with E-state index in [9.17, 15) is 9.59 Å². The molecule has 0 unspecified atom stereocenters. The van der Waals surface area contributed by atoms with Crippen molar-refractivity contribution >= 4 is 41.8 Å². The summed E-state index contributed by atoms with van der Waals surface area (Å²) in [5.41, 5.74) is 0.958. The molecule has 0 atom stereocenters. The SMILES string of the molecule is CN=C(NCCN1C(=O)c2ccccc2C1=O)NC(C)C.I. The van der Waals surface area contributed by atoms with Crippen molar-refractivity contribution in [1.29, 1.82) is 0 Å². The summed E-state index contributed by atoms with van der Waals surface area (Å²) in [6.07, 6.45) is 0. The fraction of sp³-hybridized carbons (Fsp3) is 0.400. The fourth-order valence-corrected chi connectivity index (χ4v) is 2.20. The second-order valence-electron chi connectivity index (χ2n) is 5.11. The van der Waals surface area contributed by atoms with Crippen molar-refractivity contribution in [2.75, 3.05) is 20.1 Å². The van der Waals surface area contributed by atoms with Crippen molar-refractivity contribution in [2.45, 2.75) is 19.9 Å². The molecule has 22 heavy (non-hydrogen) atoms. The summed E-state index contributed by atoms with van der Waals surface area (Å²) in [4.78, 5) is 29.7. The van der Waals surface area contributed by atoms with Crippen LogP contribution in [0.4, 0.5) is 0 Å². The van der Waals surface area contributed by atoms with Gasteiger partial charge in [-0.25, -0.2) is 0 Å². The molecule has 1 aliphatic rings. The molecule has 2 amide bonds. The van der Waals surface area contributed by atoms with E-state index in [0.717, 1.165) is 0 Å². The molecule has 0 aromatic heterocycles. The van der Waals surface area contributed by atoms with E-state index >= 15 is 0 Å². The zero-order valence-corrected chi connectivity index (χ0v) is 15.3. The highest BCUT2D eigenvalue weighted by molar-refractivity contribution is 14.0. The smallest absolute Gasteiger partial charge is 0.261 e. The average molecular weight is 416 g/mol. The Morgan fingerprint density at radius 2 is 1.73 bits per heavy atom. The van der Waals surface area contributed by atoms with Gasteiger partial charge in [-0.1, -0.05) is 12.1 Å². The number of rotatable bonds is 4. The van der Waals surface area contributed by atoms with Gasteiger partial charge in [-0.3, -0.25) is 19.5 Å². The Morgan fingerprint density at radius 3 is 2.18 bits per heavy atom. The third-order valence-corrected chi connectivity index (χ3v) is 3.16. The minimum atomic E-state index is -0.232. The van der Waals surface area contributed by atoms with Crippen molar-refractivity contribution in [3.63, 3.8) is 0 Å². The average Bonchev–Trinajstić information content (AvgIpc) is 2.71. The maximum atomic E-state index is 12.2. The normalized spacial score (nSPS) is 14.0. The van der Waals surface area contributed by atoms with Crippen LogP contribution in [-0.2, 0) is 0 Å². The Bertz CT molecular complexity index is 552. The molecule has 7 heteroatoms. The molecule has 0 saturated carbocycles. The molecule has 1 heterocycles.